The number of halogens is 3. The number of hydrogen-bond donors (Lipinski definition) is 0. The molecule has 0 amide bonds. The number of hydrogen-bond acceptors (Lipinski definition) is 2. The highest BCUT2D eigenvalue weighted by atomic mass is 19.4. The van der Waals surface area contributed by atoms with Gasteiger partial charge in [0.25, 0.3) is 0 Å². The summed E-state index contributed by atoms with van der Waals surface area (Å²) < 4.78 is 42.8. The second-order valence-corrected chi connectivity index (χ2v) is 5.23. The van der Waals surface area contributed by atoms with Crippen molar-refractivity contribution in [3.63, 3.8) is 0 Å². The van der Waals surface area contributed by atoms with E-state index in [1.54, 1.807) is 24.6 Å². The predicted molar refractivity (Wildman–Crippen MR) is 88.9 cm³/mol. The first-order valence-corrected chi connectivity index (χ1v) is 7.33. The molecular formula is C19H14F3NO. The van der Waals surface area contributed by atoms with Crippen LogP contribution in [-0.2, 0) is 12.7 Å². The van der Waals surface area contributed by atoms with E-state index in [0.717, 1.165) is 28.7 Å². The van der Waals surface area contributed by atoms with Crippen molar-refractivity contribution < 1.29 is 17.6 Å². The summed E-state index contributed by atoms with van der Waals surface area (Å²) >= 11 is 0. The van der Waals surface area contributed by atoms with Gasteiger partial charge in [0, 0.05) is 17.2 Å². The van der Waals surface area contributed by atoms with Gasteiger partial charge in [0.1, 0.15) is 5.58 Å². The molecule has 2 aromatic carbocycles. The van der Waals surface area contributed by atoms with Crippen molar-refractivity contribution in [2.75, 3.05) is 0 Å². The molecule has 0 saturated heterocycles. The summed E-state index contributed by atoms with van der Waals surface area (Å²) in [5.74, 6) is 0. The van der Waals surface area contributed by atoms with Crippen molar-refractivity contribution in [3.8, 4) is 0 Å². The number of aliphatic imine (C=N–C) groups is 1. The zero-order chi connectivity index (χ0) is 17.0. The van der Waals surface area contributed by atoms with E-state index in [9.17, 15) is 13.2 Å². The molecule has 0 fully saturated rings. The van der Waals surface area contributed by atoms with Crippen molar-refractivity contribution in [2.24, 2.45) is 4.99 Å². The van der Waals surface area contributed by atoms with Crippen LogP contribution in [0.1, 0.15) is 16.7 Å². The quantitative estimate of drug-likeness (QED) is 0.561. The van der Waals surface area contributed by atoms with E-state index in [4.69, 9.17) is 4.42 Å². The summed E-state index contributed by atoms with van der Waals surface area (Å²) in [6.45, 7) is 0.481. The summed E-state index contributed by atoms with van der Waals surface area (Å²) in [6.07, 6.45) is 2.40. The molecule has 0 N–H and O–H groups in total. The average Bonchev–Trinajstić information content (AvgIpc) is 2.97. The molecular weight excluding hydrogens is 315 g/mol. The van der Waals surface area contributed by atoms with Gasteiger partial charge in [-0.1, -0.05) is 36.4 Å². The molecule has 1 aromatic heterocycles. The van der Waals surface area contributed by atoms with Crippen LogP contribution >= 0.6 is 0 Å². The average molecular weight is 329 g/mol. The fourth-order valence-corrected chi connectivity index (χ4v) is 2.30. The molecule has 0 spiro atoms. The summed E-state index contributed by atoms with van der Waals surface area (Å²) in [5, 5.41) is 1.03. The van der Waals surface area contributed by atoms with E-state index in [1.807, 2.05) is 24.3 Å². The number of rotatable bonds is 4. The van der Waals surface area contributed by atoms with Gasteiger partial charge in [-0.15, -0.1) is 0 Å². The zero-order valence-corrected chi connectivity index (χ0v) is 12.6. The molecule has 1 heterocycles. The maximum absolute atomic E-state index is 12.5. The minimum Gasteiger partial charge on any atom is -0.464 e. The topological polar surface area (TPSA) is 25.5 Å². The van der Waals surface area contributed by atoms with Crippen molar-refractivity contribution in [1.29, 1.82) is 0 Å². The number of furan rings is 1. The first-order chi connectivity index (χ1) is 11.5. The van der Waals surface area contributed by atoms with Gasteiger partial charge in [-0.2, -0.15) is 13.2 Å². The minimum atomic E-state index is -4.31. The Bertz CT molecular complexity index is 874. The van der Waals surface area contributed by atoms with Crippen LogP contribution in [0.5, 0.6) is 0 Å². The molecule has 0 unspecified atom stereocenters. The van der Waals surface area contributed by atoms with Gasteiger partial charge >= 0.3 is 6.18 Å². The highest BCUT2D eigenvalue weighted by Crippen LogP contribution is 2.29. The Morgan fingerprint density at radius 3 is 2.50 bits per heavy atom. The summed E-state index contributed by atoms with van der Waals surface area (Å²) in [6, 6.07) is 12.7. The Balaban J connectivity index is 1.61. The Labute approximate surface area is 136 Å². The normalized spacial score (nSPS) is 12.6. The Morgan fingerprint density at radius 1 is 1.00 bits per heavy atom. The lowest BCUT2D eigenvalue weighted by atomic mass is 10.1. The number of allylic oxidation sites excluding steroid dienone is 1. The molecule has 0 aliphatic rings. The molecule has 0 saturated carbocycles. The molecule has 0 radical (unpaired) electrons. The Kier molecular flexibility index (Phi) is 4.51. The summed E-state index contributed by atoms with van der Waals surface area (Å²) in [4.78, 5) is 4.28. The van der Waals surface area contributed by atoms with Crippen LogP contribution in [0.2, 0.25) is 0 Å². The zero-order valence-electron chi connectivity index (χ0n) is 12.6. The van der Waals surface area contributed by atoms with Crippen molar-refractivity contribution in [2.45, 2.75) is 12.7 Å². The molecule has 2 nitrogen and oxygen atoms in total. The lowest BCUT2D eigenvalue weighted by Crippen LogP contribution is -2.03. The summed E-state index contributed by atoms with van der Waals surface area (Å²) in [5.41, 5.74) is 1.84. The maximum Gasteiger partial charge on any atom is 0.416 e. The van der Waals surface area contributed by atoms with Crippen LogP contribution < -0.4 is 0 Å². The first-order valence-electron chi connectivity index (χ1n) is 7.33. The molecule has 3 aromatic rings. The fraction of sp³-hybridized carbons (Fsp3) is 0.105. The van der Waals surface area contributed by atoms with E-state index < -0.39 is 11.7 Å². The lowest BCUT2D eigenvalue weighted by Gasteiger charge is -2.05. The number of benzene rings is 2. The lowest BCUT2D eigenvalue weighted by molar-refractivity contribution is -0.137. The number of para-hydroxylation sites is 1. The third-order valence-electron chi connectivity index (χ3n) is 3.54. The highest BCUT2D eigenvalue weighted by Gasteiger charge is 2.29. The molecule has 0 bridgehead atoms. The van der Waals surface area contributed by atoms with Crippen LogP contribution in [0.3, 0.4) is 0 Å². The fourth-order valence-electron chi connectivity index (χ4n) is 2.30. The Hall–Kier alpha value is -2.82. The Morgan fingerprint density at radius 2 is 1.75 bits per heavy atom. The van der Waals surface area contributed by atoms with Crippen LogP contribution in [0.4, 0.5) is 13.2 Å². The van der Waals surface area contributed by atoms with Crippen molar-refractivity contribution >= 4 is 23.3 Å². The monoisotopic (exact) mass is 329 g/mol. The molecule has 5 heteroatoms. The van der Waals surface area contributed by atoms with E-state index in [1.165, 1.54) is 12.1 Å². The van der Waals surface area contributed by atoms with Crippen LogP contribution in [0.15, 0.2) is 70.3 Å². The van der Waals surface area contributed by atoms with Gasteiger partial charge in [-0.05, 0) is 29.8 Å². The number of fused-ring (bicyclic) bond motifs is 1. The van der Waals surface area contributed by atoms with Gasteiger partial charge in [-0.25, -0.2) is 0 Å². The van der Waals surface area contributed by atoms with E-state index in [0.29, 0.717) is 12.1 Å². The van der Waals surface area contributed by atoms with E-state index in [-0.39, 0.29) is 0 Å². The molecule has 24 heavy (non-hydrogen) atoms. The highest BCUT2D eigenvalue weighted by molar-refractivity contribution is 5.82. The summed E-state index contributed by atoms with van der Waals surface area (Å²) in [7, 11) is 0. The smallest absolute Gasteiger partial charge is 0.416 e. The van der Waals surface area contributed by atoms with E-state index in [2.05, 4.69) is 4.99 Å². The third-order valence-corrected chi connectivity index (χ3v) is 3.54. The van der Waals surface area contributed by atoms with Crippen LogP contribution in [0, 0.1) is 0 Å². The third kappa shape index (κ3) is 3.74. The second-order valence-electron chi connectivity index (χ2n) is 5.23. The van der Waals surface area contributed by atoms with Crippen LogP contribution in [-0.4, -0.2) is 6.21 Å². The van der Waals surface area contributed by atoms with Gasteiger partial charge in [0.05, 0.1) is 18.4 Å². The minimum absolute atomic E-state index is 0.481. The predicted octanol–water partition coefficient (Wildman–Crippen LogP) is 5.74. The van der Waals surface area contributed by atoms with Gasteiger partial charge in [0.2, 0.25) is 0 Å². The van der Waals surface area contributed by atoms with Gasteiger partial charge in [-0.3, -0.25) is 4.99 Å². The van der Waals surface area contributed by atoms with Crippen molar-refractivity contribution in [3.05, 3.63) is 77.6 Å². The SMILES string of the molecule is FC(F)(F)c1ccc(/C=C/C=NCc2coc3ccccc23)cc1. The van der Waals surface area contributed by atoms with Crippen molar-refractivity contribution in [1.82, 2.24) is 0 Å². The van der Waals surface area contributed by atoms with Crippen LogP contribution in [0.25, 0.3) is 17.0 Å². The first kappa shape index (κ1) is 16.1. The molecule has 0 atom stereocenters. The molecule has 0 aliphatic carbocycles. The maximum atomic E-state index is 12.5. The second kappa shape index (κ2) is 6.74. The molecule has 3 rings (SSSR count). The van der Waals surface area contributed by atoms with Gasteiger partial charge < -0.3 is 4.42 Å². The molecule has 0 aliphatic heterocycles. The number of nitrogens with zero attached hydrogens (tertiary/aromatic N) is 1. The molecule has 122 valence electrons. The standard InChI is InChI=1S/C19H14F3NO/c20-19(21,22)16-9-7-14(8-10-16)4-3-11-23-12-15-13-24-18-6-2-1-5-17(15)18/h1-11,13H,12H2/b4-3+,23-11?. The van der Waals surface area contributed by atoms with E-state index >= 15 is 0 Å². The number of alkyl halides is 3. The largest absolute Gasteiger partial charge is 0.464 e. The van der Waals surface area contributed by atoms with Gasteiger partial charge in [0.15, 0.2) is 0 Å².